The van der Waals surface area contributed by atoms with E-state index in [9.17, 15) is 19.2 Å². The number of carbonyl (C=O) groups excluding carboxylic acids is 2. The number of halogens is 3. The third-order valence-electron chi connectivity index (χ3n) is 6.07. The molecular formula is C25H20ClF2N5O4. The Morgan fingerprint density at radius 1 is 1.22 bits per heavy atom. The fourth-order valence-electron chi connectivity index (χ4n) is 3.70. The van der Waals surface area contributed by atoms with Gasteiger partial charge in [-0.1, -0.05) is 11.6 Å². The molecular weight excluding hydrogens is 508 g/mol. The molecule has 9 nitrogen and oxygen atoms in total. The first-order valence-electron chi connectivity index (χ1n) is 11.4. The average Bonchev–Trinajstić information content (AvgIpc) is 3.82. The second-order valence-electron chi connectivity index (χ2n) is 8.86. The first-order chi connectivity index (χ1) is 17.7. The van der Waals surface area contributed by atoms with Crippen molar-refractivity contribution >= 4 is 40.1 Å². The molecule has 0 aliphatic heterocycles. The molecule has 0 spiro atoms. The fourth-order valence-corrected chi connectivity index (χ4v) is 3.89. The Morgan fingerprint density at radius 2 is 1.97 bits per heavy atom. The molecule has 3 aromatic rings. The summed E-state index contributed by atoms with van der Waals surface area (Å²) in [6, 6.07) is 6.62. The molecule has 190 valence electrons. The summed E-state index contributed by atoms with van der Waals surface area (Å²) < 4.78 is 40.9. The standard InChI is InChI=1S/C25H20ClF2N5O4/c1-36-19-10-16-13(8-14(19)23(34)33-25(11-29)5-6-25)18(4-7-30-16)37-22-15(27)9-17(20(26)21(22)28)32-24(35)31-12-2-3-12/h4,7-10,12H,2-3,5-6H2,1H3,(H,33,34)(H2,31,32,35). The second kappa shape index (κ2) is 9.37. The summed E-state index contributed by atoms with van der Waals surface area (Å²) in [6.45, 7) is 0. The van der Waals surface area contributed by atoms with Gasteiger partial charge >= 0.3 is 6.03 Å². The highest BCUT2D eigenvalue weighted by atomic mass is 35.5. The zero-order chi connectivity index (χ0) is 26.3. The molecule has 1 heterocycles. The van der Waals surface area contributed by atoms with Gasteiger partial charge in [0.25, 0.3) is 5.91 Å². The molecule has 2 aliphatic rings. The maximum Gasteiger partial charge on any atom is 0.319 e. The zero-order valence-electron chi connectivity index (χ0n) is 19.5. The highest BCUT2D eigenvalue weighted by molar-refractivity contribution is 6.34. The number of methoxy groups -OCH3 is 1. The molecule has 2 saturated carbocycles. The summed E-state index contributed by atoms with van der Waals surface area (Å²) in [5.41, 5.74) is -0.750. The van der Waals surface area contributed by atoms with E-state index in [4.69, 9.17) is 21.1 Å². The van der Waals surface area contributed by atoms with Crippen LogP contribution in [0.5, 0.6) is 17.2 Å². The van der Waals surface area contributed by atoms with Gasteiger partial charge in [0.1, 0.15) is 22.1 Å². The second-order valence-corrected chi connectivity index (χ2v) is 9.24. The Bertz CT molecular complexity index is 1480. The Morgan fingerprint density at radius 3 is 2.62 bits per heavy atom. The van der Waals surface area contributed by atoms with Crippen LogP contribution in [0.3, 0.4) is 0 Å². The van der Waals surface area contributed by atoms with Crippen LogP contribution in [0.2, 0.25) is 5.02 Å². The number of urea groups is 1. The lowest BCUT2D eigenvalue weighted by molar-refractivity contribution is 0.0938. The van der Waals surface area contributed by atoms with Crippen molar-refractivity contribution in [3.8, 4) is 23.3 Å². The number of benzene rings is 2. The van der Waals surface area contributed by atoms with Gasteiger partial charge in [0, 0.05) is 29.8 Å². The number of nitrogens with zero attached hydrogens (tertiary/aromatic N) is 2. The quantitative estimate of drug-likeness (QED) is 0.370. The smallest absolute Gasteiger partial charge is 0.319 e. The minimum atomic E-state index is -1.22. The number of carbonyl (C=O) groups is 2. The third kappa shape index (κ3) is 4.93. The number of anilines is 1. The van der Waals surface area contributed by atoms with E-state index in [0.29, 0.717) is 18.4 Å². The molecule has 3 amide bonds. The SMILES string of the molecule is COc1cc2nccc(Oc3c(F)cc(NC(=O)NC4CC4)c(Cl)c3F)c2cc1C(=O)NC1(C#N)CC1. The van der Waals surface area contributed by atoms with Gasteiger partial charge < -0.3 is 25.4 Å². The van der Waals surface area contributed by atoms with Crippen LogP contribution < -0.4 is 25.4 Å². The average molecular weight is 528 g/mol. The van der Waals surface area contributed by atoms with E-state index in [1.807, 2.05) is 0 Å². The number of ether oxygens (including phenoxy) is 2. The monoisotopic (exact) mass is 527 g/mol. The zero-order valence-corrected chi connectivity index (χ0v) is 20.2. The molecule has 0 radical (unpaired) electrons. The molecule has 2 aliphatic carbocycles. The Labute approximate surface area is 214 Å². The molecule has 37 heavy (non-hydrogen) atoms. The van der Waals surface area contributed by atoms with Crippen molar-refractivity contribution in [2.45, 2.75) is 37.3 Å². The van der Waals surface area contributed by atoms with E-state index in [1.54, 1.807) is 0 Å². The molecule has 0 bridgehead atoms. The van der Waals surface area contributed by atoms with Crippen LogP contribution in [0.25, 0.3) is 10.9 Å². The van der Waals surface area contributed by atoms with Crippen LogP contribution in [0.4, 0.5) is 19.3 Å². The summed E-state index contributed by atoms with van der Waals surface area (Å²) >= 11 is 6.07. The predicted molar refractivity (Wildman–Crippen MR) is 130 cm³/mol. The van der Waals surface area contributed by atoms with Gasteiger partial charge in [-0.3, -0.25) is 9.78 Å². The Kier molecular flexibility index (Phi) is 6.21. The molecule has 0 saturated heterocycles. The van der Waals surface area contributed by atoms with Crippen LogP contribution in [-0.2, 0) is 0 Å². The molecule has 0 atom stereocenters. The van der Waals surface area contributed by atoms with E-state index in [-0.39, 0.29) is 34.2 Å². The van der Waals surface area contributed by atoms with Crippen LogP contribution in [-0.4, -0.2) is 35.6 Å². The van der Waals surface area contributed by atoms with E-state index < -0.39 is 39.9 Å². The molecule has 2 fully saturated rings. The van der Waals surface area contributed by atoms with Gasteiger partial charge in [-0.05, 0) is 37.8 Å². The van der Waals surface area contributed by atoms with Gasteiger partial charge in [0.2, 0.25) is 0 Å². The first kappa shape index (κ1) is 24.5. The third-order valence-corrected chi connectivity index (χ3v) is 6.44. The van der Waals surface area contributed by atoms with Gasteiger partial charge in [-0.25, -0.2) is 13.6 Å². The largest absolute Gasteiger partial charge is 0.496 e. The summed E-state index contributed by atoms with van der Waals surface area (Å²) in [4.78, 5) is 29.1. The summed E-state index contributed by atoms with van der Waals surface area (Å²) in [5.74, 6) is -3.48. The van der Waals surface area contributed by atoms with Crippen molar-refractivity contribution in [1.82, 2.24) is 15.6 Å². The molecule has 1 aromatic heterocycles. The normalized spacial score (nSPS) is 15.4. The number of fused-ring (bicyclic) bond motifs is 1. The topological polar surface area (TPSA) is 125 Å². The minimum Gasteiger partial charge on any atom is -0.496 e. The summed E-state index contributed by atoms with van der Waals surface area (Å²) in [5, 5.41) is 16.7. The summed E-state index contributed by atoms with van der Waals surface area (Å²) in [7, 11) is 1.38. The minimum absolute atomic E-state index is 0.0100. The molecule has 5 rings (SSSR count). The lowest BCUT2D eigenvalue weighted by Crippen LogP contribution is -2.35. The maximum absolute atomic E-state index is 15.1. The number of hydrogen-bond donors (Lipinski definition) is 3. The number of amides is 3. The van der Waals surface area contributed by atoms with Crippen molar-refractivity contribution in [3.63, 3.8) is 0 Å². The van der Waals surface area contributed by atoms with E-state index in [1.165, 1.54) is 31.5 Å². The van der Waals surface area contributed by atoms with E-state index >= 15 is 4.39 Å². The number of nitriles is 1. The van der Waals surface area contributed by atoms with Crippen molar-refractivity contribution in [3.05, 3.63) is 52.7 Å². The number of aromatic nitrogens is 1. The molecule has 0 unspecified atom stereocenters. The van der Waals surface area contributed by atoms with E-state index in [2.05, 4.69) is 27.0 Å². The lowest BCUT2D eigenvalue weighted by atomic mass is 10.1. The lowest BCUT2D eigenvalue weighted by Gasteiger charge is -2.16. The van der Waals surface area contributed by atoms with Gasteiger partial charge in [-0.2, -0.15) is 5.26 Å². The van der Waals surface area contributed by atoms with Gasteiger partial charge in [0.15, 0.2) is 17.4 Å². The highest BCUT2D eigenvalue weighted by Gasteiger charge is 2.45. The predicted octanol–water partition coefficient (Wildman–Crippen LogP) is 5.04. The number of nitrogens with one attached hydrogen (secondary N) is 3. The Balaban J connectivity index is 1.48. The van der Waals surface area contributed by atoms with Crippen LogP contribution >= 0.6 is 11.6 Å². The highest BCUT2D eigenvalue weighted by Crippen LogP contribution is 2.40. The molecule has 12 heteroatoms. The number of hydrogen-bond acceptors (Lipinski definition) is 6. The number of rotatable bonds is 7. The van der Waals surface area contributed by atoms with Crippen molar-refractivity contribution in [2.75, 3.05) is 12.4 Å². The van der Waals surface area contributed by atoms with Crippen LogP contribution in [0.1, 0.15) is 36.0 Å². The van der Waals surface area contributed by atoms with E-state index in [0.717, 1.165) is 18.9 Å². The number of pyridine rings is 1. The van der Waals surface area contributed by atoms with Crippen molar-refractivity contribution in [1.29, 1.82) is 5.26 Å². The first-order valence-corrected chi connectivity index (χ1v) is 11.7. The van der Waals surface area contributed by atoms with Crippen molar-refractivity contribution < 1.29 is 27.8 Å². The molecule has 2 aromatic carbocycles. The van der Waals surface area contributed by atoms with Crippen molar-refractivity contribution in [2.24, 2.45) is 0 Å². The fraction of sp³-hybridized carbons (Fsp3) is 0.280. The van der Waals surface area contributed by atoms with Crippen LogP contribution in [0, 0.1) is 23.0 Å². The van der Waals surface area contributed by atoms with Gasteiger partial charge in [0.05, 0.1) is 29.9 Å². The van der Waals surface area contributed by atoms with Crippen LogP contribution in [0.15, 0.2) is 30.5 Å². The molecule has 3 N–H and O–H groups in total. The Hall–Kier alpha value is -4.17. The summed E-state index contributed by atoms with van der Waals surface area (Å²) in [6.07, 6.45) is 4.11. The maximum atomic E-state index is 15.1. The van der Waals surface area contributed by atoms with Gasteiger partial charge in [-0.15, -0.1) is 0 Å².